The van der Waals surface area contributed by atoms with Crippen LogP contribution in [-0.2, 0) is 12.1 Å². The number of para-hydroxylation sites is 1. The predicted molar refractivity (Wildman–Crippen MR) is 148 cm³/mol. The minimum absolute atomic E-state index is 0.138. The largest absolute Gasteiger partial charge is 0.417 e. The monoisotopic (exact) mass is 504 g/mol. The summed E-state index contributed by atoms with van der Waals surface area (Å²) in [6, 6.07) is 39.3. The molecule has 0 bridgehead atoms. The maximum Gasteiger partial charge on any atom is 0.417 e. The van der Waals surface area contributed by atoms with E-state index < -0.39 is 11.6 Å². The Balaban J connectivity index is 1.63. The van der Waals surface area contributed by atoms with Crippen LogP contribution in [0.3, 0.4) is 0 Å². The molecule has 38 heavy (non-hydrogen) atoms. The van der Waals surface area contributed by atoms with Crippen LogP contribution in [0.2, 0.25) is 0 Å². The van der Waals surface area contributed by atoms with Gasteiger partial charge in [0.05, 0.1) is 19.3 Å². The van der Waals surface area contributed by atoms with Crippen LogP contribution in [0.4, 0.5) is 16.3 Å². The minimum atomic E-state index is -0.870. The maximum absolute atomic E-state index is 12.8. The summed E-state index contributed by atoms with van der Waals surface area (Å²) in [4.78, 5) is 12.8. The predicted octanol–water partition coefficient (Wildman–Crippen LogP) is 5.89. The van der Waals surface area contributed by atoms with Crippen LogP contribution < -0.4 is 15.4 Å². The molecule has 0 radical (unpaired) electrons. The molecule has 5 rings (SSSR count). The smallest absolute Gasteiger partial charge is 0.404 e. The molecule has 0 saturated heterocycles. The van der Waals surface area contributed by atoms with Crippen LogP contribution in [-0.4, -0.2) is 27.6 Å². The molecule has 4 aromatic carbocycles. The lowest BCUT2D eigenvalue weighted by atomic mass is 9.77. The molecule has 0 atom stereocenters. The lowest BCUT2D eigenvalue weighted by Gasteiger charge is -2.38. The third-order valence-electron chi connectivity index (χ3n) is 6.27. The Kier molecular flexibility index (Phi) is 7.47. The van der Waals surface area contributed by atoms with Gasteiger partial charge in [-0.1, -0.05) is 109 Å². The number of carbonyl (C=O) groups is 1. The topological polar surface area (TPSA) is 88.4 Å². The highest BCUT2D eigenvalue weighted by atomic mass is 16.6. The molecule has 3 N–H and O–H groups in total. The molecule has 0 unspecified atom stereocenters. The van der Waals surface area contributed by atoms with Crippen molar-refractivity contribution >= 4 is 17.6 Å². The van der Waals surface area contributed by atoms with Crippen molar-refractivity contribution in [2.45, 2.75) is 12.1 Å². The lowest BCUT2D eigenvalue weighted by molar-refractivity contribution is 0.215. The molecular weight excluding hydrogens is 476 g/mol. The number of ether oxygens (including phenoxy) is 1. The third kappa shape index (κ3) is 5.14. The van der Waals surface area contributed by atoms with Gasteiger partial charge >= 0.3 is 6.09 Å². The number of aliphatic hydroxyl groups is 1. The van der Waals surface area contributed by atoms with Gasteiger partial charge in [-0.15, -0.1) is 0 Å². The number of aliphatic hydroxyl groups excluding tert-OH is 1. The van der Waals surface area contributed by atoms with Gasteiger partial charge in [0.1, 0.15) is 5.54 Å². The fraction of sp³-hybridized carbons (Fsp3) is 0.0968. The fourth-order valence-electron chi connectivity index (χ4n) is 4.56. The Bertz CT molecular complexity index is 1360. The van der Waals surface area contributed by atoms with Crippen LogP contribution in [0, 0.1) is 0 Å². The van der Waals surface area contributed by atoms with E-state index in [0.717, 1.165) is 16.7 Å². The fourth-order valence-corrected chi connectivity index (χ4v) is 4.56. The van der Waals surface area contributed by atoms with Crippen LogP contribution in [0.5, 0.6) is 5.75 Å². The molecule has 1 amide bonds. The van der Waals surface area contributed by atoms with Gasteiger partial charge in [-0.3, -0.25) is 5.32 Å². The zero-order valence-electron chi connectivity index (χ0n) is 20.7. The summed E-state index contributed by atoms with van der Waals surface area (Å²) < 4.78 is 7.36. The molecule has 190 valence electrons. The van der Waals surface area contributed by atoms with Crippen molar-refractivity contribution in [2.24, 2.45) is 0 Å². The van der Waals surface area contributed by atoms with Crippen molar-refractivity contribution in [3.63, 3.8) is 0 Å². The minimum Gasteiger partial charge on any atom is -0.404 e. The third-order valence-corrected chi connectivity index (χ3v) is 6.27. The first-order chi connectivity index (χ1) is 18.7. The van der Waals surface area contributed by atoms with Gasteiger partial charge in [-0.2, -0.15) is 5.10 Å². The summed E-state index contributed by atoms with van der Waals surface area (Å²) in [6.45, 7) is 0.0709. The first-order valence-corrected chi connectivity index (χ1v) is 12.4. The van der Waals surface area contributed by atoms with E-state index in [1.165, 1.54) is 6.20 Å². The normalized spacial score (nSPS) is 11.1. The van der Waals surface area contributed by atoms with E-state index >= 15 is 0 Å². The highest BCUT2D eigenvalue weighted by Crippen LogP contribution is 2.42. The van der Waals surface area contributed by atoms with Gasteiger partial charge in [0.25, 0.3) is 0 Å². The van der Waals surface area contributed by atoms with Crippen LogP contribution >= 0.6 is 0 Å². The Morgan fingerprint density at radius 1 is 0.763 bits per heavy atom. The first kappa shape index (κ1) is 24.8. The summed E-state index contributed by atoms with van der Waals surface area (Å²) >= 11 is 0. The van der Waals surface area contributed by atoms with Crippen molar-refractivity contribution < 1.29 is 14.6 Å². The summed E-state index contributed by atoms with van der Waals surface area (Å²) in [5.41, 5.74) is 2.68. The zero-order chi connectivity index (χ0) is 26.2. The molecule has 0 aliphatic rings. The molecule has 7 nitrogen and oxygen atoms in total. The lowest BCUT2D eigenvalue weighted by Crippen LogP contribution is -2.39. The van der Waals surface area contributed by atoms with Crippen LogP contribution in [0.1, 0.15) is 16.7 Å². The Morgan fingerprint density at radius 2 is 1.24 bits per heavy atom. The van der Waals surface area contributed by atoms with Crippen molar-refractivity contribution in [1.29, 1.82) is 0 Å². The zero-order valence-corrected chi connectivity index (χ0v) is 20.7. The summed E-state index contributed by atoms with van der Waals surface area (Å²) in [5.74, 6) is 0.692. The highest BCUT2D eigenvalue weighted by Gasteiger charge is 2.38. The summed E-state index contributed by atoms with van der Waals surface area (Å²) in [6.07, 6.45) is 0.835. The molecule has 0 aliphatic heterocycles. The number of amides is 1. The molecule has 5 aromatic rings. The van der Waals surface area contributed by atoms with E-state index in [9.17, 15) is 9.90 Å². The number of aromatic nitrogens is 2. The van der Waals surface area contributed by atoms with E-state index in [4.69, 9.17) is 4.74 Å². The van der Waals surface area contributed by atoms with Crippen molar-refractivity contribution in [2.75, 3.05) is 17.2 Å². The van der Waals surface area contributed by atoms with E-state index in [-0.39, 0.29) is 18.9 Å². The Labute approximate surface area is 221 Å². The first-order valence-electron chi connectivity index (χ1n) is 12.4. The molecule has 0 spiro atoms. The number of nitrogens with one attached hydrogen (secondary N) is 2. The molecule has 7 heteroatoms. The SMILES string of the molecule is O=C(Nc1ccccc1)Oc1cnn(CCO)c1NC(c1ccccc1)(c1ccccc1)c1ccccc1. The summed E-state index contributed by atoms with van der Waals surface area (Å²) in [5, 5.41) is 20.6. The molecule has 0 aliphatic carbocycles. The number of rotatable bonds is 9. The number of anilines is 2. The van der Waals surface area contributed by atoms with E-state index in [1.54, 1.807) is 16.8 Å². The van der Waals surface area contributed by atoms with Gasteiger partial charge in [0.2, 0.25) is 0 Å². The second-order valence-corrected chi connectivity index (χ2v) is 8.66. The second-order valence-electron chi connectivity index (χ2n) is 8.66. The molecule has 1 heterocycles. The summed E-state index contributed by atoms with van der Waals surface area (Å²) in [7, 11) is 0. The molecule has 1 aromatic heterocycles. The van der Waals surface area contributed by atoms with E-state index in [0.29, 0.717) is 11.5 Å². The van der Waals surface area contributed by atoms with Gasteiger partial charge in [-0.05, 0) is 28.8 Å². The van der Waals surface area contributed by atoms with Gasteiger partial charge in [-0.25, -0.2) is 9.48 Å². The highest BCUT2D eigenvalue weighted by molar-refractivity contribution is 5.87. The van der Waals surface area contributed by atoms with E-state index in [2.05, 4.69) is 52.1 Å². The standard InChI is InChI=1S/C31H28N4O3/c36-22-21-35-29(28(23-32-35)38-30(37)33-27-19-11-4-12-20-27)34-31(24-13-5-1-6-14-24,25-15-7-2-8-16-25)26-17-9-3-10-18-26/h1-20,23,34,36H,21-22H2,(H,33,37). The van der Waals surface area contributed by atoms with Gasteiger partial charge in [0.15, 0.2) is 11.6 Å². The molecule has 0 fully saturated rings. The number of carbonyl (C=O) groups excluding carboxylic acids is 1. The average Bonchev–Trinajstić information content (AvgIpc) is 3.33. The number of hydrogen-bond acceptors (Lipinski definition) is 5. The number of hydrogen-bond donors (Lipinski definition) is 3. The van der Waals surface area contributed by atoms with Gasteiger partial charge in [0, 0.05) is 5.69 Å². The van der Waals surface area contributed by atoms with Crippen LogP contribution in [0.25, 0.3) is 0 Å². The van der Waals surface area contributed by atoms with Crippen LogP contribution in [0.15, 0.2) is 128 Å². The van der Waals surface area contributed by atoms with E-state index in [1.807, 2.05) is 72.8 Å². The van der Waals surface area contributed by atoms with Crippen molar-refractivity contribution in [1.82, 2.24) is 9.78 Å². The average molecular weight is 505 g/mol. The molecular formula is C31H28N4O3. The second kappa shape index (κ2) is 11.5. The van der Waals surface area contributed by atoms with Crippen molar-refractivity contribution in [3.05, 3.63) is 144 Å². The number of benzene rings is 4. The van der Waals surface area contributed by atoms with Crippen molar-refractivity contribution in [3.8, 4) is 5.75 Å². The molecule has 0 saturated carbocycles. The Morgan fingerprint density at radius 3 is 1.71 bits per heavy atom. The Hall–Kier alpha value is -4.88. The number of nitrogens with zero attached hydrogens (tertiary/aromatic N) is 2. The quantitative estimate of drug-likeness (QED) is 0.218. The van der Waals surface area contributed by atoms with Gasteiger partial charge < -0.3 is 15.2 Å². The maximum atomic E-state index is 12.8.